The number of hydrogen-bond acceptors (Lipinski definition) is 3. The minimum Gasteiger partial charge on any atom is -0.399 e. The number of anilines is 1. The van der Waals surface area contributed by atoms with E-state index < -0.39 is 0 Å². The van der Waals surface area contributed by atoms with Crippen LogP contribution >= 0.6 is 15.9 Å². The fraction of sp³-hybridized carbons (Fsp3) is 0.214. The number of hydrogen-bond donors (Lipinski definition) is 1. The van der Waals surface area contributed by atoms with E-state index in [-0.39, 0.29) is 0 Å². The largest absolute Gasteiger partial charge is 0.399 e. The van der Waals surface area contributed by atoms with Crippen molar-refractivity contribution in [2.45, 2.75) is 13.1 Å². The zero-order valence-corrected chi connectivity index (χ0v) is 11.9. The number of rotatable bonds is 4. The van der Waals surface area contributed by atoms with Gasteiger partial charge in [0.15, 0.2) is 0 Å². The molecule has 0 saturated heterocycles. The summed E-state index contributed by atoms with van der Waals surface area (Å²) in [5.41, 5.74) is 8.80. The van der Waals surface area contributed by atoms with Crippen LogP contribution in [-0.4, -0.2) is 16.9 Å². The predicted molar refractivity (Wildman–Crippen MR) is 78.0 cm³/mol. The molecule has 1 aromatic heterocycles. The Morgan fingerprint density at radius 3 is 2.72 bits per heavy atom. The van der Waals surface area contributed by atoms with Crippen LogP contribution in [0.3, 0.4) is 0 Å². The Morgan fingerprint density at radius 1 is 1.22 bits per heavy atom. The van der Waals surface area contributed by atoms with E-state index in [2.05, 4.69) is 32.9 Å². The SMILES string of the molecule is CN(Cc1ccccn1)Cc1ccc(N)cc1Br. The number of aromatic nitrogens is 1. The van der Waals surface area contributed by atoms with Crippen molar-refractivity contribution in [2.75, 3.05) is 12.8 Å². The lowest BCUT2D eigenvalue weighted by atomic mass is 10.2. The third-order valence-electron chi connectivity index (χ3n) is 2.68. The first-order chi connectivity index (χ1) is 8.65. The molecule has 0 saturated carbocycles. The van der Waals surface area contributed by atoms with Gasteiger partial charge in [-0.15, -0.1) is 0 Å². The quantitative estimate of drug-likeness (QED) is 0.883. The van der Waals surface area contributed by atoms with Crippen molar-refractivity contribution < 1.29 is 0 Å². The first-order valence-corrected chi connectivity index (χ1v) is 6.57. The Labute approximate surface area is 116 Å². The van der Waals surface area contributed by atoms with Gasteiger partial charge in [-0.2, -0.15) is 0 Å². The van der Waals surface area contributed by atoms with E-state index in [1.54, 1.807) is 0 Å². The molecule has 0 spiro atoms. The Kier molecular flexibility index (Phi) is 4.33. The lowest BCUT2D eigenvalue weighted by molar-refractivity contribution is 0.314. The Balaban J connectivity index is 2.01. The van der Waals surface area contributed by atoms with E-state index in [0.29, 0.717) is 0 Å². The second-order valence-electron chi connectivity index (χ2n) is 4.34. The molecule has 4 heteroatoms. The first-order valence-electron chi connectivity index (χ1n) is 5.77. The summed E-state index contributed by atoms with van der Waals surface area (Å²) >= 11 is 3.54. The van der Waals surface area contributed by atoms with Gasteiger partial charge in [-0.3, -0.25) is 9.88 Å². The van der Waals surface area contributed by atoms with Crippen LogP contribution in [0.5, 0.6) is 0 Å². The van der Waals surface area contributed by atoms with Gasteiger partial charge in [0.05, 0.1) is 5.69 Å². The van der Waals surface area contributed by atoms with Crippen molar-refractivity contribution in [3.05, 3.63) is 58.3 Å². The first kappa shape index (κ1) is 13.1. The van der Waals surface area contributed by atoms with Crippen molar-refractivity contribution in [3.8, 4) is 0 Å². The average molecular weight is 306 g/mol. The topological polar surface area (TPSA) is 42.2 Å². The van der Waals surface area contributed by atoms with Gasteiger partial charge < -0.3 is 5.73 Å². The van der Waals surface area contributed by atoms with Gasteiger partial charge in [0.25, 0.3) is 0 Å². The number of nitrogen functional groups attached to an aromatic ring is 1. The van der Waals surface area contributed by atoms with Gasteiger partial charge >= 0.3 is 0 Å². The molecule has 2 aromatic rings. The Bertz CT molecular complexity index is 514. The third kappa shape index (κ3) is 3.55. The van der Waals surface area contributed by atoms with E-state index in [9.17, 15) is 0 Å². The van der Waals surface area contributed by atoms with Crippen molar-refractivity contribution in [3.63, 3.8) is 0 Å². The summed E-state index contributed by atoms with van der Waals surface area (Å²) < 4.78 is 1.05. The zero-order valence-electron chi connectivity index (χ0n) is 10.3. The monoisotopic (exact) mass is 305 g/mol. The normalized spacial score (nSPS) is 10.8. The fourth-order valence-corrected chi connectivity index (χ4v) is 2.33. The van der Waals surface area contributed by atoms with E-state index in [1.165, 1.54) is 5.56 Å². The van der Waals surface area contributed by atoms with Gasteiger partial charge in [-0.25, -0.2) is 0 Å². The molecular formula is C14H16BrN3. The number of benzene rings is 1. The van der Waals surface area contributed by atoms with Crippen LogP contribution in [0.15, 0.2) is 47.1 Å². The van der Waals surface area contributed by atoms with E-state index in [1.807, 2.05) is 42.6 Å². The van der Waals surface area contributed by atoms with E-state index >= 15 is 0 Å². The molecule has 1 heterocycles. The second kappa shape index (κ2) is 5.98. The van der Waals surface area contributed by atoms with Gasteiger partial charge in [0.1, 0.15) is 0 Å². The lowest BCUT2D eigenvalue weighted by Crippen LogP contribution is -2.18. The summed E-state index contributed by atoms with van der Waals surface area (Å²) in [6, 6.07) is 11.9. The highest BCUT2D eigenvalue weighted by atomic mass is 79.9. The molecule has 0 atom stereocenters. The molecule has 0 fully saturated rings. The molecule has 1 aromatic carbocycles. The van der Waals surface area contributed by atoms with Crippen LogP contribution in [0, 0.1) is 0 Å². The smallest absolute Gasteiger partial charge is 0.0543 e. The van der Waals surface area contributed by atoms with Crippen LogP contribution in [0.1, 0.15) is 11.3 Å². The van der Waals surface area contributed by atoms with Crippen LogP contribution in [0.2, 0.25) is 0 Å². The second-order valence-corrected chi connectivity index (χ2v) is 5.20. The molecule has 3 nitrogen and oxygen atoms in total. The molecule has 0 aliphatic heterocycles. The average Bonchev–Trinajstić information content (AvgIpc) is 2.34. The van der Waals surface area contributed by atoms with Gasteiger partial charge in [0.2, 0.25) is 0 Å². The Morgan fingerprint density at radius 2 is 2.06 bits per heavy atom. The number of pyridine rings is 1. The molecular weight excluding hydrogens is 290 g/mol. The van der Waals surface area contributed by atoms with Crippen molar-refractivity contribution >= 4 is 21.6 Å². The summed E-state index contributed by atoms with van der Waals surface area (Å²) in [4.78, 5) is 6.54. The van der Waals surface area contributed by atoms with Gasteiger partial charge in [0, 0.05) is 29.4 Å². The highest BCUT2D eigenvalue weighted by molar-refractivity contribution is 9.10. The molecule has 0 aliphatic carbocycles. The molecule has 94 valence electrons. The molecule has 0 unspecified atom stereocenters. The van der Waals surface area contributed by atoms with Crippen LogP contribution in [0.4, 0.5) is 5.69 Å². The summed E-state index contributed by atoms with van der Waals surface area (Å²) in [6.45, 7) is 1.69. The molecule has 0 radical (unpaired) electrons. The fourth-order valence-electron chi connectivity index (χ4n) is 1.81. The van der Waals surface area contributed by atoms with Crippen LogP contribution in [0.25, 0.3) is 0 Å². The maximum Gasteiger partial charge on any atom is 0.0543 e. The van der Waals surface area contributed by atoms with Gasteiger partial charge in [-0.05, 0) is 36.9 Å². The minimum absolute atomic E-state index is 0.776. The summed E-state index contributed by atoms with van der Waals surface area (Å²) in [7, 11) is 2.08. The Hall–Kier alpha value is -1.39. The van der Waals surface area contributed by atoms with Gasteiger partial charge in [-0.1, -0.05) is 28.1 Å². The number of halogens is 1. The van der Waals surface area contributed by atoms with Crippen LogP contribution in [-0.2, 0) is 13.1 Å². The summed E-state index contributed by atoms with van der Waals surface area (Å²) in [6.07, 6.45) is 1.82. The van der Waals surface area contributed by atoms with Crippen LogP contribution < -0.4 is 5.73 Å². The predicted octanol–water partition coefficient (Wildman–Crippen LogP) is 3.06. The summed E-state index contributed by atoms with van der Waals surface area (Å²) in [5, 5.41) is 0. The molecule has 2 N–H and O–H groups in total. The summed E-state index contributed by atoms with van der Waals surface area (Å²) in [5.74, 6) is 0. The highest BCUT2D eigenvalue weighted by Gasteiger charge is 2.05. The molecule has 2 rings (SSSR count). The maximum atomic E-state index is 5.73. The van der Waals surface area contributed by atoms with Crippen molar-refractivity contribution in [1.29, 1.82) is 0 Å². The van der Waals surface area contributed by atoms with Crippen molar-refractivity contribution in [1.82, 2.24) is 9.88 Å². The highest BCUT2D eigenvalue weighted by Crippen LogP contribution is 2.21. The molecule has 0 bridgehead atoms. The van der Waals surface area contributed by atoms with E-state index in [4.69, 9.17) is 5.73 Å². The maximum absolute atomic E-state index is 5.73. The standard InChI is InChI=1S/C14H16BrN3/c1-18(10-13-4-2-3-7-17-13)9-11-5-6-12(16)8-14(11)15/h2-8H,9-10,16H2,1H3. The molecule has 0 aliphatic rings. The molecule has 18 heavy (non-hydrogen) atoms. The lowest BCUT2D eigenvalue weighted by Gasteiger charge is -2.17. The minimum atomic E-state index is 0.776. The van der Waals surface area contributed by atoms with Crippen molar-refractivity contribution in [2.24, 2.45) is 0 Å². The molecule has 0 amide bonds. The number of nitrogens with zero attached hydrogens (tertiary/aromatic N) is 2. The van der Waals surface area contributed by atoms with E-state index in [0.717, 1.165) is 28.9 Å². The number of nitrogens with two attached hydrogens (primary N) is 1. The third-order valence-corrected chi connectivity index (χ3v) is 3.41. The zero-order chi connectivity index (χ0) is 13.0.